The van der Waals surface area contributed by atoms with Crippen molar-refractivity contribution in [3.8, 4) is 5.75 Å². The molecule has 0 bridgehead atoms. The van der Waals surface area contributed by atoms with Gasteiger partial charge in [-0.05, 0) is 42.5 Å². The number of hydrogen-bond donors (Lipinski definition) is 5. The predicted molar refractivity (Wildman–Crippen MR) is 104 cm³/mol. The molecule has 0 aliphatic rings. The molecule has 2 aromatic rings. The first kappa shape index (κ1) is 21.9. The highest BCUT2D eigenvalue weighted by Gasteiger charge is 2.23. The first-order valence-electron chi connectivity index (χ1n) is 8.43. The van der Waals surface area contributed by atoms with Crippen molar-refractivity contribution in [2.24, 2.45) is 16.5 Å². The number of carbonyl (C=O) groups excluding carboxylic acids is 2. The molecule has 0 fully saturated rings. The van der Waals surface area contributed by atoms with Crippen LogP contribution in [-0.4, -0.2) is 46.0 Å². The van der Waals surface area contributed by atoms with Crippen LogP contribution in [0.3, 0.4) is 0 Å². The number of benzene rings is 2. The van der Waals surface area contributed by atoms with Crippen LogP contribution in [0.2, 0.25) is 0 Å². The van der Waals surface area contributed by atoms with Gasteiger partial charge in [0, 0.05) is 5.56 Å². The fourth-order valence-corrected chi connectivity index (χ4v) is 2.30. The number of carboxylic acid groups (broad SMARTS) is 2. The highest BCUT2D eigenvalue weighted by Crippen LogP contribution is 2.18. The Hall–Kier alpha value is -4.41. The molecule has 11 nitrogen and oxygen atoms in total. The first-order valence-corrected chi connectivity index (χ1v) is 8.43. The summed E-state index contributed by atoms with van der Waals surface area (Å²) in [5.41, 5.74) is 11.2. The van der Waals surface area contributed by atoms with E-state index in [9.17, 15) is 19.2 Å². The lowest BCUT2D eigenvalue weighted by Gasteiger charge is -2.13. The molecule has 0 heterocycles. The Morgan fingerprint density at radius 1 is 1.00 bits per heavy atom. The number of amides is 1. The summed E-state index contributed by atoms with van der Waals surface area (Å²) < 4.78 is 5.21. The molecule has 2 rings (SSSR count). The van der Waals surface area contributed by atoms with E-state index in [4.69, 9.17) is 26.4 Å². The van der Waals surface area contributed by atoms with E-state index in [0.717, 1.165) is 0 Å². The van der Waals surface area contributed by atoms with Gasteiger partial charge >= 0.3 is 17.9 Å². The Balaban J connectivity index is 2.10. The molecule has 30 heavy (non-hydrogen) atoms. The molecule has 7 N–H and O–H groups in total. The van der Waals surface area contributed by atoms with Gasteiger partial charge in [0.1, 0.15) is 11.8 Å². The van der Waals surface area contributed by atoms with Gasteiger partial charge in [-0.3, -0.25) is 9.59 Å². The standard InChI is InChI=1S/C19H18N4O7/c20-19(21)22-12-6-4-10(5-7-12)18(29)30-13-3-1-2-11(8-13)16(26)23-14(17(27)28)9-15(24)25/h1-8,14H,9H2,(H,23,26)(H,24,25)(H,27,28)(H4,20,21,22)/t14-/m0/s1. The summed E-state index contributed by atoms with van der Waals surface area (Å²) in [4.78, 5) is 50.1. The van der Waals surface area contributed by atoms with Crippen LogP contribution in [-0.2, 0) is 9.59 Å². The van der Waals surface area contributed by atoms with Crippen LogP contribution in [0.15, 0.2) is 53.5 Å². The van der Waals surface area contributed by atoms with Crippen molar-refractivity contribution in [1.29, 1.82) is 0 Å². The Bertz CT molecular complexity index is 998. The van der Waals surface area contributed by atoms with Gasteiger partial charge in [-0.2, -0.15) is 0 Å². The minimum atomic E-state index is -1.61. The number of nitrogens with one attached hydrogen (secondary N) is 1. The van der Waals surface area contributed by atoms with Crippen LogP contribution in [0.1, 0.15) is 27.1 Å². The van der Waals surface area contributed by atoms with E-state index < -0.39 is 36.3 Å². The van der Waals surface area contributed by atoms with E-state index in [1.54, 1.807) is 0 Å². The summed E-state index contributed by atoms with van der Waals surface area (Å²) in [7, 11) is 0. The van der Waals surface area contributed by atoms with Crippen molar-refractivity contribution < 1.29 is 34.1 Å². The molecular weight excluding hydrogens is 396 g/mol. The Labute approximate surface area is 170 Å². The number of guanidine groups is 1. The number of ether oxygens (including phenoxy) is 1. The Morgan fingerprint density at radius 2 is 1.67 bits per heavy atom. The third-order valence-corrected chi connectivity index (χ3v) is 3.65. The molecule has 156 valence electrons. The van der Waals surface area contributed by atoms with E-state index in [1.807, 2.05) is 0 Å². The second-order valence-electron chi connectivity index (χ2n) is 5.96. The molecule has 2 aromatic carbocycles. The number of nitrogens with two attached hydrogens (primary N) is 2. The van der Waals surface area contributed by atoms with Gasteiger partial charge in [0.2, 0.25) is 0 Å². The number of carbonyl (C=O) groups is 4. The Kier molecular flexibility index (Phi) is 7.06. The highest BCUT2D eigenvalue weighted by atomic mass is 16.5. The van der Waals surface area contributed by atoms with Gasteiger partial charge in [-0.1, -0.05) is 6.07 Å². The van der Waals surface area contributed by atoms with Crippen LogP contribution in [0.4, 0.5) is 5.69 Å². The molecule has 0 aromatic heterocycles. The highest BCUT2D eigenvalue weighted by molar-refractivity contribution is 5.98. The van der Waals surface area contributed by atoms with Crippen LogP contribution < -0.4 is 21.5 Å². The first-order chi connectivity index (χ1) is 14.2. The van der Waals surface area contributed by atoms with E-state index in [1.165, 1.54) is 48.5 Å². The minimum absolute atomic E-state index is 0.0138. The lowest BCUT2D eigenvalue weighted by atomic mass is 10.1. The fraction of sp³-hybridized carbons (Fsp3) is 0.105. The topological polar surface area (TPSA) is 194 Å². The van der Waals surface area contributed by atoms with E-state index in [0.29, 0.717) is 5.69 Å². The average Bonchev–Trinajstić information content (AvgIpc) is 2.67. The van der Waals surface area contributed by atoms with E-state index in [2.05, 4.69) is 10.3 Å². The number of aliphatic imine (C=N–C) groups is 1. The van der Waals surface area contributed by atoms with Gasteiger partial charge in [-0.15, -0.1) is 0 Å². The zero-order chi connectivity index (χ0) is 22.3. The maximum atomic E-state index is 12.3. The summed E-state index contributed by atoms with van der Waals surface area (Å²) in [6, 6.07) is 9.74. The maximum Gasteiger partial charge on any atom is 0.343 e. The minimum Gasteiger partial charge on any atom is -0.481 e. The van der Waals surface area contributed by atoms with Crippen molar-refractivity contribution in [1.82, 2.24) is 5.32 Å². The summed E-state index contributed by atoms with van der Waals surface area (Å²) in [6.45, 7) is 0. The molecule has 0 saturated heterocycles. The molecule has 1 amide bonds. The van der Waals surface area contributed by atoms with Crippen LogP contribution in [0.5, 0.6) is 5.75 Å². The van der Waals surface area contributed by atoms with Crippen molar-refractivity contribution in [3.63, 3.8) is 0 Å². The molecule has 0 radical (unpaired) electrons. The van der Waals surface area contributed by atoms with Gasteiger partial charge in [0.15, 0.2) is 5.96 Å². The van der Waals surface area contributed by atoms with E-state index >= 15 is 0 Å². The van der Waals surface area contributed by atoms with Crippen molar-refractivity contribution >= 4 is 35.5 Å². The summed E-state index contributed by atoms with van der Waals surface area (Å²) in [5, 5.41) is 19.9. The van der Waals surface area contributed by atoms with Crippen molar-refractivity contribution in [2.45, 2.75) is 12.5 Å². The average molecular weight is 414 g/mol. The lowest BCUT2D eigenvalue weighted by Crippen LogP contribution is -2.42. The summed E-state index contributed by atoms with van der Waals surface area (Å²) in [5.74, 6) is -4.50. The zero-order valence-electron chi connectivity index (χ0n) is 15.4. The van der Waals surface area contributed by atoms with Gasteiger partial charge in [0.05, 0.1) is 17.7 Å². The predicted octanol–water partition coefficient (Wildman–Crippen LogP) is 0.468. The number of esters is 1. The monoisotopic (exact) mass is 414 g/mol. The third kappa shape index (κ3) is 6.34. The van der Waals surface area contributed by atoms with Crippen LogP contribution in [0.25, 0.3) is 0 Å². The largest absolute Gasteiger partial charge is 0.481 e. The molecule has 0 unspecified atom stereocenters. The Morgan fingerprint density at radius 3 is 2.23 bits per heavy atom. The molecule has 0 saturated carbocycles. The van der Waals surface area contributed by atoms with Crippen LogP contribution in [0, 0.1) is 0 Å². The molecular formula is C19H18N4O7. The quantitative estimate of drug-likeness (QED) is 0.176. The molecule has 0 aliphatic carbocycles. The fourth-order valence-electron chi connectivity index (χ4n) is 2.30. The normalized spacial score (nSPS) is 11.1. The third-order valence-electron chi connectivity index (χ3n) is 3.65. The zero-order valence-corrected chi connectivity index (χ0v) is 15.4. The summed E-state index contributed by atoms with van der Waals surface area (Å²) >= 11 is 0. The van der Waals surface area contributed by atoms with Gasteiger partial charge in [-0.25, -0.2) is 14.6 Å². The molecule has 0 spiro atoms. The number of carboxylic acids is 2. The number of nitrogens with zero attached hydrogens (tertiary/aromatic N) is 1. The van der Waals surface area contributed by atoms with Gasteiger partial charge < -0.3 is 31.7 Å². The van der Waals surface area contributed by atoms with Crippen molar-refractivity contribution in [2.75, 3.05) is 0 Å². The van der Waals surface area contributed by atoms with Crippen LogP contribution >= 0.6 is 0 Å². The molecule has 11 heteroatoms. The second kappa shape index (κ2) is 9.68. The molecule has 0 aliphatic heterocycles. The maximum absolute atomic E-state index is 12.3. The number of rotatable bonds is 8. The second-order valence-corrected chi connectivity index (χ2v) is 5.96. The number of hydrogen-bond acceptors (Lipinski definition) is 6. The van der Waals surface area contributed by atoms with Gasteiger partial charge in [0.25, 0.3) is 5.91 Å². The lowest BCUT2D eigenvalue weighted by molar-refractivity contribution is -0.145. The smallest absolute Gasteiger partial charge is 0.343 e. The molecule has 1 atom stereocenters. The van der Waals surface area contributed by atoms with E-state index in [-0.39, 0.29) is 22.8 Å². The van der Waals surface area contributed by atoms with Crippen molar-refractivity contribution in [3.05, 3.63) is 59.7 Å². The summed E-state index contributed by atoms with van der Waals surface area (Å²) in [6.07, 6.45) is -0.786. The SMILES string of the molecule is NC(N)=Nc1ccc(C(=O)Oc2cccc(C(=O)N[C@@H](CC(=O)O)C(=O)O)c2)cc1. The number of aliphatic carboxylic acids is 2.